The molecule has 2 aliphatic rings. The zero-order valence-corrected chi connectivity index (χ0v) is 17.1. The van der Waals surface area contributed by atoms with Crippen LogP contribution in [0.15, 0.2) is 24.5 Å². The Morgan fingerprint density at radius 3 is 2.78 bits per heavy atom. The van der Waals surface area contributed by atoms with Gasteiger partial charge < -0.3 is 10.6 Å². The summed E-state index contributed by atoms with van der Waals surface area (Å²) in [5.74, 6) is 0.600. The average molecular weight is 394 g/mol. The van der Waals surface area contributed by atoms with Crippen molar-refractivity contribution in [3.8, 4) is 0 Å². The van der Waals surface area contributed by atoms with Gasteiger partial charge in [-0.05, 0) is 56.2 Å². The van der Waals surface area contributed by atoms with Crippen molar-refractivity contribution in [1.82, 2.24) is 15.6 Å². The smallest absolute Gasteiger partial charge is 0.220 e. The molecule has 1 aliphatic carbocycles. The van der Waals surface area contributed by atoms with Crippen LogP contribution >= 0.6 is 0 Å². The van der Waals surface area contributed by atoms with Gasteiger partial charge in [0.05, 0.1) is 10.5 Å². The van der Waals surface area contributed by atoms with E-state index in [1.165, 1.54) is 0 Å². The maximum absolute atomic E-state index is 12.7. The van der Waals surface area contributed by atoms with E-state index in [4.69, 9.17) is 0 Å². The van der Waals surface area contributed by atoms with Crippen molar-refractivity contribution in [2.24, 2.45) is 5.92 Å². The van der Waals surface area contributed by atoms with Crippen LogP contribution in [0.4, 0.5) is 0 Å². The van der Waals surface area contributed by atoms with Crippen LogP contribution in [-0.2, 0) is 21.1 Å². The Morgan fingerprint density at radius 2 is 2.11 bits per heavy atom. The van der Waals surface area contributed by atoms with Gasteiger partial charge in [-0.25, -0.2) is 8.42 Å². The number of nitrogens with zero attached hydrogens (tertiary/aromatic N) is 1. The number of amides is 1. The Balaban J connectivity index is 1.50. The third-order valence-corrected chi connectivity index (χ3v) is 8.47. The maximum Gasteiger partial charge on any atom is 0.220 e. The standard InChI is InChI=1S/C20H31N3O3S/c1-15(2)22-14-17-10-20(11-17)12-18(7-9-27(20,25)26)23-19(24)6-5-16-4-3-8-21-13-16/h3-4,8,13,15,17-18,22H,5-7,9-12,14H2,1-2H3,(H,23,24). The highest BCUT2D eigenvalue weighted by molar-refractivity contribution is 7.92. The van der Waals surface area contributed by atoms with Gasteiger partial charge in [-0.1, -0.05) is 19.9 Å². The van der Waals surface area contributed by atoms with Crippen LogP contribution in [0.25, 0.3) is 0 Å². The SMILES string of the molecule is CC(C)NCC1CC2(C1)CC(NC(=O)CCc1cccnc1)CCS2(=O)=O. The Bertz CT molecular complexity index is 743. The molecule has 6 nitrogen and oxygen atoms in total. The lowest BCUT2D eigenvalue weighted by Crippen LogP contribution is -2.60. The predicted octanol–water partition coefficient (Wildman–Crippen LogP) is 1.85. The van der Waals surface area contributed by atoms with Gasteiger partial charge in [-0.3, -0.25) is 9.78 Å². The first kappa shape index (κ1) is 20.3. The quantitative estimate of drug-likeness (QED) is 0.738. The number of hydrogen-bond donors (Lipinski definition) is 2. The van der Waals surface area contributed by atoms with E-state index in [-0.39, 0.29) is 17.7 Å². The molecule has 2 fully saturated rings. The summed E-state index contributed by atoms with van der Waals surface area (Å²) in [6.07, 6.45) is 7.07. The van der Waals surface area contributed by atoms with Crippen molar-refractivity contribution >= 4 is 15.7 Å². The molecule has 2 heterocycles. The van der Waals surface area contributed by atoms with Crippen molar-refractivity contribution in [1.29, 1.82) is 0 Å². The first-order valence-electron chi connectivity index (χ1n) is 9.94. The van der Waals surface area contributed by atoms with Crippen molar-refractivity contribution in [2.75, 3.05) is 12.3 Å². The van der Waals surface area contributed by atoms with E-state index in [2.05, 4.69) is 29.5 Å². The normalized spacial score (nSPS) is 29.4. The maximum atomic E-state index is 12.7. The Morgan fingerprint density at radius 1 is 1.33 bits per heavy atom. The van der Waals surface area contributed by atoms with E-state index in [0.717, 1.165) is 24.9 Å². The van der Waals surface area contributed by atoms with Crippen LogP contribution in [0.1, 0.15) is 51.5 Å². The lowest BCUT2D eigenvalue weighted by molar-refractivity contribution is -0.122. The van der Waals surface area contributed by atoms with Gasteiger partial charge in [0.25, 0.3) is 0 Å². The summed E-state index contributed by atoms with van der Waals surface area (Å²) in [7, 11) is -3.07. The van der Waals surface area contributed by atoms with Gasteiger partial charge in [0.1, 0.15) is 0 Å². The van der Waals surface area contributed by atoms with Crippen LogP contribution in [-0.4, -0.2) is 48.4 Å². The monoisotopic (exact) mass is 393 g/mol. The molecule has 0 bridgehead atoms. The van der Waals surface area contributed by atoms with Crippen LogP contribution in [0.2, 0.25) is 0 Å². The largest absolute Gasteiger partial charge is 0.353 e. The zero-order chi connectivity index (χ0) is 19.5. The first-order valence-corrected chi connectivity index (χ1v) is 11.6. The van der Waals surface area contributed by atoms with Gasteiger partial charge in [-0.15, -0.1) is 0 Å². The minimum Gasteiger partial charge on any atom is -0.353 e. The molecule has 1 aliphatic heterocycles. The highest BCUT2D eigenvalue weighted by atomic mass is 32.2. The van der Waals surface area contributed by atoms with Crippen LogP contribution in [0.3, 0.4) is 0 Å². The fourth-order valence-electron chi connectivity index (χ4n) is 4.38. The third kappa shape index (κ3) is 4.88. The molecule has 1 saturated heterocycles. The summed E-state index contributed by atoms with van der Waals surface area (Å²) in [6, 6.07) is 4.21. The summed E-state index contributed by atoms with van der Waals surface area (Å²) in [4.78, 5) is 16.4. The number of aromatic nitrogens is 1. The highest BCUT2D eigenvalue weighted by Crippen LogP contribution is 2.49. The molecule has 2 N–H and O–H groups in total. The number of carbonyl (C=O) groups is 1. The number of rotatable bonds is 7. The van der Waals surface area contributed by atoms with Gasteiger partial charge in [0.2, 0.25) is 5.91 Å². The Hall–Kier alpha value is -1.47. The minimum atomic E-state index is -3.07. The van der Waals surface area contributed by atoms with Crippen LogP contribution < -0.4 is 10.6 Å². The number of sulfone groups is 1. The topological polar surface area (TPSA) is 88.2 Å². The third-order valence-electron chi connectivity index (χ3n) is 5.88. The van der Waals surface area contributed by atoms with Gasteiger partial charge >= 0.3 is 0 Å². The molecule has 1 aromatic heterocycles. The average Bonchev–Trinajstić information content (AvgIpc) is 2.59. The van der Waals surface area contributed by atoms with E-state index in [1.807, 2.05) is 12.1 Å². The van der Waals surface area contributed by atoms with Crippen LogP contribution in [0.5, 0.6) is 0 Å². The molecule has 3 rings (SSSR count). The summed E-state index contributed by atoms with van der Waals surface area (Å²) >= 11 is 0. The van der Waals surface area contributed by atoms with E-state index >= 15 is 0 Å². The second kappa shape index (κ2) is 8.27. The molecule has 1 amide bonds. The van der Waals surface area contributed by atoms with Crippen molar-refractivity contribution in [3.05, 3.63) is 30.1 Å². The molecule has 1 spiro atoms. The summed E-state index contributed by atoms with van der Waals surface area (Å²) < 4.78 is 24.7. The number of aryl methyl sites for hydroxylation is 1. The molecule has 1 atom stereocenters. The second-order valence-electron chi connectivity index (χ2n) is 8.46. The zero-order valence-electron chi connectivity index (χ0n) is 16.3. The van der Waals surface area contributed by atoms with Crippen molar-refractivity contribution in [3.63, 3.8) is 0 Å². The molecule has 1 aromatic rings. The van der Waals surface area contributed by atoms with E-state index in [1.54, 1.807) is 12.4 Å². The Labute approximate surface area is 162 Å². The summed E-state index contributed by atoms with van der Waals surface area (Å²) in [6.45, 7) is 5.07. The fraction of sp³-hybridized carbons (Fsp3) is 0.700. The Kier molecular flexibility index (Phi) is 6.21. The van der Waals surface area contributed by atoms with E-state index in [9.17, 15) is 13.2 Å². The number of carbonyl (C=O) groups excluding carboxylic acids is 1. The molecule has 1 saturated carbocycles. The minimum absolute atomic E-state index is 0.00403. The molecule has 0 aromatic carbocycles. The molecule has 1 unspecified atom stereocenters. The fourth-order valence-corrected chi connectivity index (χ4v) is 6.84. The van der Waals surface area contributed by atoms with Crippen molar-refractivity contribution in [2.45, 2.75) is 69.2 Å². The molecule has 7 heteroatoms. The molecule has 27 heavy (non-hydrogen) atoms. The summed E-state index contributed by atoms with van der Waals surface area (Å²) in [5, 5.41) is 6.48. The van der Waals surface area contributed by atoms with Crippen LogP contribution in [0, 0.1) is 5.92 Å². The van der Waals surface area contributed by atoms with Gasteiger partial charge in [0, 0.05) is 30.9 Å². The van der Waals surface area contributed by atoms with E-state index < -0.39 is 14.6 Å². The summed E-state index contributed by atoms with van der Waals surface area (Å²) in [5.41, 5.74) is 1.04. The second-order valence-corrected chi connectivity index (χ2v) is 11.0. The lowest BCUT2D eigenvalue weighted by Gasteiger charge is -2.51. The predicted molar refractivity (Wildman–Crippen MR) is 106 cm³/mol. The first-order chi connectivity index (χ1) is 12.8. The van der Waals surface area contributed by atoms with E-state index in [0.29, 0.717) is 37.6 Å². The van der Waals surface area contributed by atoms with Gasteiger partial charge in [0.15, 0.2) is 9.84 Å². The lowest BCUT2D eigenvalue weighted by atomic mass is 9.70. The highest BCUT2D eigenvalue weighted by Gasteiger charge is 2.56. The molecular weight excluding hydrogens is 362 g/mol. The molecular formula is C20H31N3O3S. The number of pyridine rings is 1. The number of hydrogen-bond acceptors (Lipinski definition) is 5. The molecule has 150 valence electrons. The van der Waals surface area contributed by atoms with Crippen molar-refractivity contribution < 1.29 is 13.2 Å². The van der Waals surface area contributed by atoms with Gasteiger partial charge in [-0.2, -0.15) is 0 Å². The number of nitrogens with one attached hydrogen (secondary N) is 2. The molecule has 0 radical (unpaired) electrons.